The minimum absolute atomic E-state index is 0.168. The van der Waals surface area contributed by atoms with Crippen molar-refractivity contribution in [3.63, 3.8) is 0 Å². The Morgan fingerprint density at radius 3 is 3.05 bits per heavy atom. The predicted molar refractivity (Wildman–Crippen MR) is 138 cm³/mol. The molecule has 0 aromatic carbocycles. The fourth-order valence-corrected chi connectivity index (χ4v) is 5.63. The number of hydrogen-bond acceptors (Lipinski definition) is 10. The molecule has 0 saturated carbocycles. The Morgan fingerprint density at radius 1 is 1.38 bits per heavy atom. The van der Waals surface area contributed by atoms with E-state index in [1.807, 2.05) is 17.6 Å². The third-order valence-electron chi connectivity index (χ3n) is 6.33. The van der Waals surface area contributed by atoms with Gasteiger partial charge in [-0.3, -0.25) is 9.55 Å². The van der Waals surface area contributed by atoms with Gasteiger partial charge >= 0.3 is 8.60 Å². The molecule has 2 aromatic heterocycles. The normalized spacial score (nSPS) is 28.3. The second-order valence-corrected chi connectivity index (χ2v) is 10.2. The molecule has 198 valence electrons. The molecular formula is C25H32N5O6P. The van der Waals surface area contributed by atoms with Crippen molar-refractivity contribution in [3.05, 3.63) is 54.3 Å². The molecule has 37 heavy (non-hydrogen) atoms. The molecule has 0 aliphatic carbocycles. The van der Waals surface area contributed by atoms with E-state index >= 15 is 0 Å². The highest BCUT2D eigenvalue weighted by Gasteiger charge is 2.37. The molecule has 0 spiro atoms. The third-order valence-corrected chi connectivity index (χ3v) is 7.34. The molecule has 0 bridgehead atoms. The molecule has 3 aliphatic heterocycles. The van der Waals surface area contributed by atoms with Crippen molar-refractivity contribution < 1.29 is 28.1 Å². The van der Waals surface area contributed by atoms with E-state index < -0.39 is 8.60 Å². The van der Waals surface area contributed by atoms with Gasteiger partial charge in [0.2, 0.25) is 0 Å². The van der Waals surface area contributed by atoms with E-state index in [-0.39, 0.29) is 24.4 Å². The van der Waals surface area contributed by atoms with E-state index in [2.05, 4.69) is 34.5 Å². The van der Waals surface area contributed by atoms with E-state index in [0.29, 0.717) is 43.5 Å². The maximum Gasteiger partial charge on any atom is 0.363 e. The summed E-state index contributed by atoms with van der Waals surface area (Å²) in [7, 11) is -1.74. The molecule has 12 heteroatoms. The fraction of sp³-hybridized carbons (Fsp3) is 0.480. The van der Waals surface area contributed by atoms with Crippen LogP contribution < -0.4 is 5.73 Å². The van der Waals surface area contributed by atoms with Crippen LogP contribution in [0.2, 0.25) is 0 Å². The van der Waals surface area contributed by atoms with E-state index in [9.17, 15) is 0 Å². The van der Waals surface area contributed by atoms with Gasteiger partial charge in [-0.1, -0.05) is 13.5 Å². The predicted octanol–water partition coefficient (Wildman–Crippen LogP) is 4.97. The van der Waals surface area contributed by atoms with Crippen LogP contribution in [0.5, 0.6) is 0 Å². The average Bonchev–Trinajstić information content (AvgIpc) is 3.61. The van der Waals surface area contributed by atoms with Crippen LogP contribution in [-0.4, -0.2) is 46.7 Å². The lowest BCUT2D eigenvalue weighted by Gasteiger charge is -2.21. The largest absolute Gasteiger partial charge is 0.493 e. The Hall–Kier alpha value is -2.66. The van der Waals surface area contributed by atoms with Crippen molar-refractivity contribution in [1.29, 1.82) is 0 Å². The molecule has 5 unspecified atom stereocenters. The first-order valence-corrected chi connectivity index (χ1v) is 13.5. The Morgan fingerprint density at radius 2 is 2.27 bits per heavy atom. The van der Waals surface area contributed by atoms with Crippen LogP contribution in [0.15, 0.2) is 42.4 Å². The molecule has 2 saturated heterocycles. The summed E-state index contributed by atoms with van der Waals surface area (Å²) in [6, 6.07) is 2.03. The van der Waals surface area contributed by atoms with Crippen LogP contribution in [0, 0.1) is 5.92 Å². The van der Waals surface area contributed by atoms with Crippen molar-refractivity contribution in [2.45, 2.75) is 51.5 Å². The highest BCUT2D eigenvalue weighted by atomic mass is 31.2. The minimum atomic E-state index is -1.74. The lowest BCUT2D eigenvalue weighted by molar-refractivity contribution is -0.208. The Kier molecular flexibility index (Phi) is 8.29. The van der Waals surface area contributed by atoms with Crippen molar-refractivity contribution in [2.24, 2.45) is 16.6 Å². The fourth-order valence-electron chi connectivity index (χ4n) is 4.60. The van der Waals surface area contributed by atoms with Gasteiger partial charge in [0.15, 0.2) is 5.82 Å². The van der Waals surface area contributed by atoms with Gasteiger partial charge < -0.3 is 24.3 Å². The summed E-state index contributed by atoms with van der Waals surface area (Å²) in [4.78, 5) is 18.5. The molecule has 0 amide bonds. The van der Waals surface area contributed by atoms with Gasteiger partial charge in [0.1, 0.15) is 17.7 Å². The van der Waals surface area contributed by atoms with Crippen LogP contribution in [0.3, 0.4) is 0 Å². The van der Waals surface area contributed by atoms with Crippen LogP contribution in [-0.2, 0) is 28.1 Å². The maximum atomic E-state index is 6.33. The second-order valence-electron chi connectivity index (χ2n) is 9.11. The number of imidazole rings is 1. The van der Waals surface area contributed by atoms with E-state index in [0.717, 1.165) is 29.7 Å². The van der Waals surface area contributed by atoms with Crippen molar-refractivity contribution >= 4 is 32.1 Å². The minimum Gasteiger partial charge on any atom is -0.493 e. The van der Waals surface area contributed by atoms with Crippen molar-refractivity contribution in [1.82, 2.24) is 14.5 Å². The topological polar surface area (TPSA) is 124 Å². The molecule has 11 nitrogen and oxygen atoms in total. The first kappa shape index (κ1) is 26.0. The summed E-state index contributed by atoms with van der Waals surface area (Å²) >= 11 is 0. The SMILES string of the molecule is C=C(N)c1ncn(C2OC(COP3OOCCC(c4cncc(C5=CCCO5)c4)O3)CC2C)c1/N=C\C. The molecule has 0 radical (unpaired) electrons. The quantitative estimate of drug-likeness (QED) is 0.287. The average molecular weight is 530 g/mol. The van der Waals surface area contributed by atoms with Gasteiger partial charge in [0, 0.05) is 48.5 Å². The molecule has 2 N–H and O–H groups in total. The summed E-state index contributed by atoms with van der Waals surface area (Å²) in [5.74, 6) is 1.67. The van der Waals surface area contributed by atoms with Gasteiger partial charge in [0.25, 0.3) is 0 Å². The van der Waals surface area contributed by atoms with Crippen LogP contribution in [0.25, 0.3) is 11.5 Å². The first-order valence-electron chi connectivity index (χ1n) is 12.4. The zero-order valence-corrected chi connectivity index (χ0v) is 21.9. The Bertz CT molecular complexity index is 1170. The maximum absolute atomic E-state index is 6.33. The summed E-state index contributed by atoms with van der Waals surface area (Å²) in [5.41, 5.74) is 8.66. The molecule has 3 aliphatic rings. The van der Waals surface area contributed by atoms with E-state index in [4.69, 9.17) is 33.8 Å². The summed E-state index contributed by atoms with van der Waals surface area (Å²) in [6.45, 7) is 9.13. The van der Waals surface area contributed by atoms with Gasteiger partial charge in [-0.25, -0.2) is 14.9 Å². The van der Waals surface area contributed by atoms with Gasteiger partial charge in [-0.05, 0) is 25.5 Å². The molecule has 5 rings (SSSR count). The van der Waals surface area contributed by atoms with Gasteiger partial charge in [-0.15, -0.1) is 0 Å². The first-order chi connectivity index (χ1) is 18.0. The van der Waals surface area contributed by atoms with Crippen LogP contribution in [0.1, 0.15) is 62.3 Å². The lowest BCUT2D eigenvalue weighted by atomic mass is 10.1. The van der Waals surface area contributed by atoms with Gasteiger partial charge in [-0.2, -0.15) is 4.67 Å². The van der Waals surface area contributed by atoms with Crippen molar-refractivity contribution in [3.8, 4) is 0 Å². The van der Waals surface area contributed by atoms with Crippen LogP contribution >= 0.6 is 8.60 Å². The Balaban J connectivity index is 1.21. The third kappa shape index (κ3) is 5.93. The number of nitrogens with zero attached hydrogens (tertiary/aromatic N) is 4. The monoisotopic (exact) mass is 529 g/mol. The van der Waals surface area contributed by atoms with E-state index in [1.165, 1.54) is 0 Å². The summed E-state index contributed by atoms with van der Waals surface area (Å²) in [6.07, 6.45) is 10.6. The highest BCUT2D eigenvalue weighted by molar-refractivity contribution is 7.41. The Labute approximate surface area is 217 Å². The van der Waals surface area contributed by atoms with E-state index in [1.54, 1.807) is 24.9 Å². The number of nitrogens with two attached hydrogens (primary N) is 1. The summed E-state index contributed by atoms with van der Waals surface area (Å²) in [5, 5.41) is 0. The molecule has 5 heterocycles. The van der Waals surface area contributed by atoms with Gasteiger partial charge in [0.05, 0.1) is 44.1 Å². The number of pyridine rings is 1. The zero-order valence-electron chi connectivity index (χ0n) is 21.0. The second kappa shape index (κ2) is 11.8. The molecule has 2 aromatic rings. The van der Waals surface area contributed by atoms with Crippen molar-refractivity contribution in [2.75, 3.05) is 19.8 Å². The number of hydrogen-bond donors (Lipinski definition) is 1. The number of ether oxygens (including phenoxy) is 2. The lowest BCUT2D eigenvalue weighted by Crippen LogP contribution is -2.16. The number of aliphatic imine (C=N–C) groups is 1. The highest BCUT2D eigenvalue weighted by Crippen LogP contribution is 2.49. The summed E-state index contributed by atoms with van der Waals surface area (Å²) < 4.78 is 31.5. The number of rotatable bonds is 8. The smallest absolute Gasteiger partial charge is 0.363 e. The molecule has 5 atom stereocenters. The standard InChI is InChI=1S/C25H32N5O6P/c1-4-28-24-23(17(3)26)29-15-30(24)25-16(2)10-20(34-25)14-33-37-35-22(7-9-32-36-37)19-11-18(12-27-13-19)21-6-5-8-31-21/h4,6,11-13,15-16,20,22,25H,3,5,7-10,14,26H2,1-2H3/b28-4-. The van der Waals surface area contributed by atoms with Crippen LogP contribution in [0.4, 0.5) is 5.82 Å². The zero-order chi connectivity index (χ0) is 25.8. The number of aromatic nitrogens is 3. The molecule has 2 fully saturated rings. The molecular weight excluding hydrogens is 497 g/mol.